The van der Waals surface area contributed by atoms with Crippen molar-refractivity contribution < 1.29 is 14.1 Å². The minimum absolute atomic E-state index is 0.175. The molecule has 0 aromatic carbocycles. The van der Waals surface area contributed by atoms with Crippen LogP contribution in [0.5, 0.6) is 0 Å². The Morgan fingerprint density at radius 3 is 2.72 bits per heavy atom. The summed E-state index contributed by atoms with van der Waals surface area (Å²) in [6.45, 7) is 5.68. The van der Waals surface area contributed by atoms with Gasteiger partial charge in [-0.05, 0) is 26.3 Å². The molecule has 2 N–H and O–H groups in total. The summed E-state index contributed by atoms with van der Waals surface area (Å²) in [4.78, 5) is 42.0. The van der Waals surface area contributed by atoms with Crippen molar-refractivity contribution in [3.63, 3.8) is 0 Å². The van der Waals surface area contributed by atoms with E-state index in [1.54, 1.807) is 6.07 Å². The highest BCUT2D eigenvalue weighted by atomic mass is 32.1. The number of aromatic nitrogens is 3. The normalized spacial score (nSPS) is 10.7. The molecule has 0 bridgehead atoms. The molecule has 0 aliphatic carbocycles. The fourth-order valence-corrected chi connectivity index (χ4v) is 3.33. The quantitative estimate of drug-likeness (QED) is 0.609. The van der Waals surface area contributed by atoms with Crippen LogP contribution in [0.3, 0.4) is 0 Å². The molecule has 29 heavy (non-hydrogen) atoms. The fraction of sp³-hybridized carbons (Fsp3) is 0.316. The van der Waals surface area contributed by atoms with E-state index in [1.165, 1.54) is 34.2 Å². The van der Waals surface area contributed by atoms with E-state index in [1.807, 2.05) is 20.8 Å². The predicted octanol–water partition coefficient (Wildman–Crippen LogP) is 2.04. The van der Waals surface area contributed by atoms with Gasteiger partial charge in [0.05, 0.1) is 23.5 Å². The number of anilines is 1. The van der Waals surface area contributed by atoms with Gasteiger partial charge in [0.1, 0.15) is 6.54 Å². The van der Waals surface area contributed by atoms with Crippen molar-refractivity contribution in [2.24, 2.45) is 0 Å². The van der Waals surface area contributed by atoms with E-state index in [2.05, 4.69) is 20.8 Å². The van der Waals surface area contributed by atoms with Gasteiger partial charge >= 0.3 is 0 Å². The molecular weight excluding hydrogens is 394 g/mol. The van der Waals surface area contributed by atoms with Crippen molar-refractivity contribution in [2.45, 2.75) is 40.3 Å². The lowest BCUT2D eigenvalue weighted by atomic mass is 10.2. The van der Waals surface area contributed by atoms with E-state index in [0.29, 0.717) is 10.9 Å². The molecule has 0 spiro atoms. The molecule has 0 unspecified atom stereocenters. The van der Waals surface area contributed by atoms with Gasteiger partial charge in [0.25, 0.3) is 11.5 Å². The molecule has 10 heteroatoms. The summed E-state index contributed by atoms with van der Waals surface area (Å²) in [6.07, 6.45) is 2.10. The molecule has 0 radical (unpaired) electrons. The summed E-state index contributed by atoms with van der Waals surface area (Å²) >= 11 is 1.36. The minimum Gasteiger partial charge on any atom is -0.359 e. The van der Waals surface area contributed by atoms with Crippen LogP contribution in [0.2, 0.25) is 0 Å². The van der Waals surface area contributed by atoms with E-state index >= 15 is 0 Å². The third-order valence-electron chi connectivity index (χ3n) is 4.23. The van der Waals surface area contributed by atoms with Gasteiger partial charge in [-0.2, -0.15) is 0 Å². The average molecular weight is 415 g/mol. The zero-order valence-electron chi connectivity index (χ0n) is 16.3. The molecule has 2 amide bonds. The van der Waals surface area contributed by atoms with Gasteiger partial charge in [-0.15, -0.1) is 11.3 Å². The van der Waals surface area contributed by atoms with Crippen LogP contribution in [0, 0.1) is 13.8 Å². The Kier molecular flexibility index (Phi) is 6.23. The van der Waals surface area contributed by atoms with Crippen molar-refractivity contribution in [3.8, 4) is 0 Å². The highest BCUT2D eigenvalue weighted by Crippen LogP contribution is 2.20. The molecular formula is C19H21N5O4S. The molecule has 3 aromatic rings. The van der Waals surface area contributed by atoms with E-state index in [0.717, 1.165) is 22.7 Å². The van der Waals surface area contributed by atoms with Crippen LogP contribution in [0.4, 0.5) is 5.13 Å². The molecule has 0 saturated carbocycles. The number of rotatable bonds is 7. The molecule has 0 aliphatic heterocycles. The second kappa shape index (κ2) is 8.82. The highest BCUT2D eigenvalue weighted by molar-refractivity contribution is 7.15. The highest BCUT2D eigenvalue weighted by Gasteiger charge is 2.13. The van der Waals surface area contributed by atoms with Crippen LogP contribution in [-0.2, 0) is 24.3 Å². The van der Waals surface area contributed by atoms with E-state index in [4.69, 9.17) is 4.52 Å². The van der Waals surface area contributed by atoms with Crippen molar-refractivity contribution >= 4 is 28.3 Å². The topological polar surface area (TPSA) is 119 Å². The molecule has 0 atom stereocenters. The number of carbonyl (C=O) groups excluding carboxylic acids is 2. The molecule has 3 rings (SSSR count). The standard InChI is InChI=1S/C19H21N5O4S/c1-4-14-7-15(28-23-14)8-20-18(27)13-5-6-17(26)24(9-13)10-16(25)22-19-21-11(2)12(3)29-19/h5-7,9H,4,8,10H2,1-3H3,(H,20,27)(H,21,22,25). The number of pyridine rings is 1. The summed E-state index contributed by atoms with van der Waals surface area (Å²) in [7, 11) is 0. The zero-order chi connectivity index (χ0) is 21.0. The number of carbonyl (C=O) groups is 2. The Labute approximate surface area is 170 Å². The van der Waals surface area contributed by atoms with Crippen LogP contribution in [-0.4, -0.2) is 26.5 Å². The van der Waals surface area contributed by atoms with Crippen molar-refractivity contribution in [1.82, 2.24) is 20.0 Å². The monoisotopic (exact) mass is 415 g/mol. The van der Waals surface area contributed by atoms with Crippen LogP contribution in [0.1, 0.15) is 39.3 Å². The second-order valence-corrected chi connectivity index (χ2v) is 7.62. The van der Waals surface area contributed by atoms with Gasteiger partial charge in [0, 0.05) is 23.2 Å². The number of nitrogens with zero attached hydrogens (tertiary/aromatic N) is 3. The van der Waals surface area contributed by atoms with Gasteiger partial charge < -0.3 is 19.7 Å². The van der Waals surface area contributed by atoms with Gasteiger partial charge in [-0.25, -0.2) is 4.98 Å². The van der Waals surface area contributed by atoms with Crippen LogP contribution >= 0.6 is 11.3 Å². The summed E-state index contributed by atoms with van der Waals surface area (Å²) < 4.78 is 6.31. The number of nitrogens with one attached hydrogen (secondary N) is 2. The summed E-state index contributed by atoms with van der Waals surface area (Å²) in [5.41, 5.74) is 1.53. The first-order valence-corrected chi connectivity index (χ1v) is 9.84. The fourth-order valence-electron chi connectivity index (χ4n) is 2.50. The third-order valence-corrected chi connectivity index (χ3v) is 5.22. The third kappa shape index (κ3) is 5.17. The molecule has 3 heterocycles. The summed E-state index contributed by atoms with van der Waals surface area (Å²) in [5, 5.41) is 9.72. The van der Waals surface area contributed by atoms with E-state index < -0.39 is 5.91 Å². The van der Waals surface area contributed by atoms with Gasteiger partial charge in [-0.3, -0.25) is 14.4 Å². The van der Waals surface area contributed by atoms with Gasteiger partial charge in [0.2, 0.25) is 5.91 Å². The lowest BCUT2D eigenvalue weighted by molar-refractivity contribution is -0.116. The first kappa shape index (κ1) is 20.5. The Bertz CT molecular complexity index is 1080. The maximum Gasteiger partial charge on any atom is 0.253 e. The molecule has 9 nitrogen and oxygen atoms in total. The van der Waals surface area contributed by atoms with Crippen molar-refractivity contribution in [3.05, 3.63) is 62.3 Å². The second-order valence-electron chi connectivity index (χ2n) is 6.41. The van der Waals surface area contributed by atoms with Crippen LogP contribution < -0.4 is 16.2 Å². The number of thiazole rings is 1. The smallest absolute Gasteiger partial charge is 0.253 e. The Morgan fingerprint density at radius 2 is 2.07 bits per heavy atom. The number of aryl methyl sites for hydroxylation is 3. The minimum atomic E-state index is -0.396. The van der Waals surface area contributed by atoms with Gasteiger partial charge in [-0.1, -0.05) is 12.1 Å². The van der Waals surface area contributed by atoms with E-state index in [9.17, 15) is 14.4 Å². The molecule has 3 aromatic heterocycles. The van der Waals surface area contributed by atoms with Crippen LogP contribution in [0.25, 0.3) is 0 Å². The van der Waals surface area contributed by atoms with E-state index in [-0.39, 0.29) is 30.1 Å². The largest absolute Gasteiger partial charge is 0.359 e. The predicted molar refractivity (Wildman–Crippen MR) is 108 cm³/mol. The average Bonchev–Trinajstić information content (AvgIpc) is 3.27. The SMILES string of the molecule is CCc1cc(CNC(=O)c2ccc(=O)n(CC(=O)Nc3nc(C)c(C)s3)c2)on1. The molecule has 152 valence electrons. The molecule has 0 fully saturated rings. The Hall–Kier alpha value is -3.27. The Morgan fingerprint density at radius 1 is 1.28 bits per heavy atom. The molecule has 0 aliphatic rings. The molecule has 0 saturated heterocycles. The van der Waals surface area contributed by atoms with Crippen molar-refractivity contribution in [1.29, 1.82) is 0 Å². The summed E-state index contributed by atoms with van der Waals surface area (Å²) in [5.74, 6) is -0.246. The maximum absolute atomic E-state index is 12.4. The lowest BCUT2D eigenvalue weighted by Gasteiger charge is -2.08. The maximum atomic E-state index is 12.4. The number of amides is 2. The number of hydrogen-bond acceptors (Lipinski definition) is 7. The first-order chi connectivity index (χ1) is 13.9. The number of hydrogen-bond donors (Lipinski definition) is 2. The first-order valence-electron chi connectivity index (χ1n) is 9.02. The summed E-state index contributed by atoms with van der Waals surface area (Å²) in [6, 6.07) is 4.44. The zero-order valence-corrected chi connectivity index (χ0v) is 17.1. The Balaban J connectivity index is 1.64. The van der Waals surface area contributed by atoms with Gasteiger partial charge in [0.15, 0.2) is 10.9 Å². The lowest BCUT2D eigenvalue weighted by Crippen LogP contribution is -2.29. The van der Waals surface area contributed by atoms with Crippen LogP contribution in [0.15, 0.2) is 33.7 Å². The van der Waals surface area contributed by atoms with Crippen molar-refractivity contribution in [2.75, 3.05) is 5.32 Å².